The highest BCUT2D eigenvalue weighted by Crippen LogP contribution is 2.29. The van der Waals surface area contributed by atoms with Crippen molar-refractivity contribution in [3.05, 3.63) is 53.6 Å². The number of hydrogen-bond donors (Lipinski definition) is 0. The van der Waals surface area contributed by atoms with Crippen LogP contribution >= 0.6 is 0 Å². The Bertz CT molecular complexity index is 642. The maximum atomic E-state index is 11.5. The molecule has 0 fully saturated rings. The lowest BCUT2D eigenvalue weighted by Gasteiger charge is -2.12. The molecule has 1 aromatic carbocycles. The molecule has 0 spiro atoms. The van der Waals surface area contributed by atoms with Crippen molar-refractivity contribution in [3.8, 4) is 11.5 Å². The molecule has 0 saturated heterocycles. The van der Waals surface area contributed by atoms with E-state index in [1.54, 1.807) is 32.4 Å². The van der Waals surface area contributed by atoms with Crippen LogP contribution in [-0.4, -0.2) is 40.4 Å². The Morgan fingerprint density at radius 1 is 1.00 bits per heavy atom. The van der Waals surface area contributed by atoms with Gasteiger partial charge in [-0.2, -0.15) is 0 Å². The Morgan fingerprint density at radius 2 is 1.69 bits per heavy atom. The Hall–Kier alpha value is -2.57. The fourth-order valence-electron chi connectivity index (χ4n) is 1.74. The van der Waals surface area contributed by atoms with Crippen LogP contribution in [0.25, 0.3) is 6.08 Å². The van der Waals surface area contributed by atoms with Gasteiger partial charge in [0.05, 0.1) is 0 Å². The van der Waals surface area contributed by atoms with Crippen molar-refractivity contribution in [2.75, 3.05) is 34.4 Å². The summed E-state index contributed by atoms with van der Waals surface area (Å²) in [6, 6.07) is 5.45. The molecule has 26 heavy (non-hydrogen) atoms. The molecule has 1 rings (SSSR count). The third-order valence-corrected chi connectivity index (χ3v) is 2.98. The van der Waals surface area contributed by atoms with E-state index in [9.17, 15) is 4.79 Å². The number of rotatable bonds is 11. The number of ether oxygens (including phenoxy) is 5. The van der Waals surface area contributed by atoms with Crippen LogP contribution in [0.2, 0.25) is 0 Å². The van der Waals surface area contributed by atoms with Crippen LogP contribution in [0.3, 0.4) is 0 Å². The summed E-state index contributed by atoms with van der Waals surface area (Å²) in [6.07, 6.45) is 8.41. The van der Waals surface area contributed by atoms with E-state index in [0.717, 1.165) is 11.1 Å². The van der Waals surface area contributed by atoms with Gasteiger partial charge in [0.15, 0.2) is 25.1 Å². The van der Waals surface area contributed by atoms with E-state index in [1.807, 2.05) is 38.1 Å². The van der Waals surface area contributed by atoms with E-state index >= 15 is 0 Å². The molecule has 0 bridgehead atoms. The number of hydrogen-bond acceptors (Lipinski definition) is 6. The van der Waals surface area contributed by atoms with Gasteiger partial charge in [0.25, 0.3) is 0 Å². The molecule has 6 nitrogen and oxygen atoms in total. The van der Waals surface area contributed by atoms with E-state index < -0.39 is 0 Å². The van der Waals surface area contributed by atoms with Crippen molar-refractivity contribution >= 4 is 12.0 Å². The summed E-state index contributed by atoms with van der Waals surface area (Å²) < 4.78 is 25.8. The molecule has 1 aromatic rings. The second-order valence-electron chi connectivity index (χ2n) is 5.44. The Labute approximate surface area is 154 Å². The average molecular weight is 362 g/mol. The molecule has 0 heterocycles. The van der Waals surface area contributed by atoms with Crippen LogP contribution in [0.5, 0.6) is 11.5 Å². The summed E-state index contributed by atoms with van der Waals surface area (Å²) >= 11 is 0. The smallest absolute Gasteiger partial charge is 0.331 e. The number of esters is 1. The zero-order valence-corrected chi connectivity index (χ0v) is 15.7. The van der Waals surface area contributed by atoms with Crippen LogP contribution in [0.4, 0.5) is 0 Å². The van der Waals surface area contributed by atoms with Gasteiger partial charge in [-0.1, -0.05) is 29.9 Å². The monoisotopic (exact) mass is 362 g/mol. The molecule has 6 heteroatoms. The molecule has 0 amide bonds. The molecule has 0 radical (unpaired) electrons. The Morgan fingerprint density at radius 3 is 2.35 bits per heavy atom. The summed E-state index contributed by atoms with van der Waals surface area (Å²) in [5.41, 5.74) is 1.98. The first-order valence-corrected chi connectivity index (χ1v) is 8.09. The normalized spacial score (nSPS) is 10.9. The van der Waals surface area contributed by atoms with Crippen molar-refractivity contribution in [1.29, 1.82) is 0 Å². The van der Waals surface area contributed by atoms with Crippen LogP contribution in [-0.2, 0) is 19.0 Å². The highest BCUT2D eigenvalue weighted by Gasteiger charge is 2.06. The number of allylic oxidation sites excluding steroid dienone is 3. The van der Waals surface area contributed by atoms with Gasteiger partial charge in [-0.3, -0.25) is 0 Å². The first kappa shape index (κ1) is 21.5. The van der Waals surface area contributed by atoms with Crippen molar-refractivity contribution in [1.82, 2.24) is 0 Å². The fourth-order valence-corrected chi connectivity index (χ4v) is 1.74. The largest absolute Gasteiger partial charge is 0.464 e. The SMILES string of the molecule is COCOc1ccc(C=CC=CC(=O)OCC=C(C)C)cc1OCOC. The summed E-state index contributed by atoms with van der Waals surface area (Å²) in [5, 5.41) is 0. The Balaban J connectivity index is 2.67. The molecule has 0 aliphatic heterocycles. The van der Waals surface area contributed by atoms with Crippen molar-refractivity contribution in [2.45, 2.75) is 13.8 Å². The average Bonchev–Trinajstić information content (AvgIpc) is 2.62. The number of methoxy groups -OCH3 is 2. The number of benzene rings is 1. The van der Waals surface area contributed by atoms with Gasteiger partial charge in [0.1, 0.15) is 6.61 Å². The minimum atomic E-state index is -0.389. The Kier molecular flexibility index (Phi) is 10.5. The van der Waals surface area contributed by atoms with E-state index in [1.165, 1.54) is 6.08 Å². The molecule has 0 aliphatic carbocycles. The zero-order chi connectivity index (χ0) is 19.2. The predicted molar refractivity (Wildman–Crippen MR) is 100 cm³/mol. The molecule has 142 valence electrons. The third kappa shape index (κ3) is 9.05. The molecule has 0 aliphatic rings. The van der Waals surface area contributed by atoms with Gasteiger partial charge in [-0.15, -0.1) is 0 Å². The lowest BCUT2D eigenvalue weighted by molar-refractivity contribution is -0.136. The second kappa shape index (κ2) is 12.7. The highest BCUT2D eigenvalue weighted by molar-refractivity contribution is 5.82. The molecule has 0 atom stereocenters. The van der Waals surface area contributed by atoms with Crippen molar-refractivity contribution in [3.63, 3.8) is 0 Å². The molecule has 0 unspecified atom stereocenters. The number of carbonyl (C=O) groups excluding carboxylic acids is 1. The van der Waals surface area contributed by atoms with E-state index in [-0.39, 0.29) is 26.2 Å². The number of carbonyl (C=O) groups is 1. The quantitative estimate of drug-likeness (QED) is 0.196. The minimum Gasteiger partial charge on any atom is -0.464 e. The van der Waals surface area contributed by atoms with Crippen LogP contribution < -0.4 is 9.47 Å². The summed E-state index contributed by atoms with van der Waals surface area (Å²) in [5.74, 6) is 0.704. The maximum absolute atomic E-state index is 11.5. The van der Waals surface area contributed by atoms with Crippen LogP contribution in [0.15, 0.2) is 48.1 Å². The minimum absolute atomic E-state index is 0.105. The maximum Gasteiger partial charge on any atom is 0.331 e. The van der Waals surface area contributed by atoms with Gasteiger partial charge in [-0.25, -0.2) is 4.79 Å². The van der Waals surface area contributed by atoms with E-state index in [4.69, 9.17) is 23.7 Å². The highest BCUT2D eigenvalue weighted by atomic mass is 16.7. The van der Waals surface area contributed by atoms with Crippen LogP contribution in [0.1, 0.15) is 19.4 Å². The third-order valence-electron chi connectivity index (χ3n) is 2.98. The summed E-state index contributed by atoms with van der Waals surface area (Å²) in [4.78, 5) is 11.5. The molecular formula is C20H26O6. The van der Waals surface area contributed by atoms with E-state index in [2.05, 4.69) is 0 Å². The van der Waals surface area contributed by atoms with Gasteiger partial charge < -0.3 is 23.7 Å². The van der Waals surface area contributed by atoms with Gasteiger partial charge in [0.2, 0.25) is 0 Å². The van der Waals surface area contributed by atoms with Crippen LogP contribution in [0, 0.1) is 0 Å². The first-order chi connectivity index (χ1) is 12.6. The van der Waals surface area contributed by atoms with Crippen molar-refractivity contribution < 1.29 is 28.5 Å². The van der Waals surface area contributed by atoms with Gasteiger partial charge >= 0.3 is 5.97 Å². The second-order valence-corrected chi connectivity index (χ2v) is 5.44. The zero-order valence-electron chi connectivity index (χ0n) is 15.7. The standard InChI is InChI=1S/C20H26O6/c1-16(2)11-12-24-20(21)8-6-5-7-17-9-10-18(25-14-22-3)19(13-17)26-15-23-4/h5-11,13H,12,14-15H2,1-4H3. The van der Waals surface area contributed by atoms with Gasteiger partial charge in [0, 0.05) is 20.3 Å². The summed E-state index contributed by atoms with van der Waals surface area (Å²) in [7, 11) is 3.09. The molecular weight excluding hydrogens is 336 g/mol. The molecule has 0 N–H and O–H groups in total. The molecule has 0 aromatic heterocycles. The predicted octanol–water partition coefficient (Wildman–Crippen LogP) is 3.73. The lowest BCUT2D eigenvalue weighted by Crippen LogP contribution is -2.04. The van der Waals surface area contributed by atoms with Crippen molar-refractivity contribution in [2.24, 2.45) is 0 Å². The lowest BCUT2D eigenvalue weighted by atomic mass is 10.2. The van der Waals surface area contributed by atoms with E-state index in [0.29, 0.717) is 11.5 Å². The topological polar surface area (TPSA) is 63.2 Å². The molecule has 0 saturated carbocycles. The summed E-state index contributed by atoms with van der Waals surface area (Å²) in [6.45, 7) is 4.40. The van der Waals surface area contributed by atoms with Gasteiger partial charge in [-0.05, 0) is 37.6 Å². The first-order valence-electron chi connectivity index (χ1n) is 8.09. The fraction of sp³-hybridized carbons (Fsp3) is 0.350.